The maximum atomic E-state index is 11.5. The molecule has 2 heterocycles. The zero-order chi connectivity index (χ0) is 16.4. The Balaban J connectivity index is 1.61. The van der Waals surface area contributed by atoms with Crippen molar-refractivity contribution < 1.29 is 4.79 Å². The van der Waals surface area contributed by atoms with Gasteiger partial charge in [0, 0.05) is 31.9 Å². The lowest BCUT2D eigenvalue weighted by Crippen LogP contribution is -2.44. The van der Waals surface area contributed by atoms with Crippen molar-refractivity contribution in [3.8, 4) is 0 Å². The highest BCUT2D eigenvalue weighted by Gasteiger charge is 2.29. The number of carbonyl (C=O) groups is 1. The van der Waals surface area contributed by atoms with Gasteiger partial charge in [-0.1, -0.05) is 13.8 Å². The number of aromatic amines is 1. The molecule has 1 fully saturated rings. The fraction of sp³-hybridized carbons (Fsp3) is 0.737. The zero-order valence-corrected chi connectivity index (χ0v) is 15.0. The lowest BCUT2D eigenvalue weighted by atomic mass is 9.76. The summed E-state index contributed by atoms with van der Waals surface area (Å²) in [5.41, 5.74) is 5.27. The van der Waals surface area contributed by atoms with Gasteiger partial charge in [-0.25, -0.2) is 0 Å². The molecule has 4 heteroatoms. The Morgan fingerprint density at radius 3 is 2.65 bits per heavy atom. The average molecular weight is 317 g/mol. The van der Waals surface area contributed by atoms with Gasteiger partial charge in [0.2, 0.25) is 0 Å². The number of H-pyrrole nitrogens is 1. The molecule has 128 valence electrons. The van der Waals surface area contributed by atoms with Crippen molar-refractivity contribution in [2.24, 2.45) is 5.41 Å². The number of aromatic nitrogens is 1. The number of nitrogens with zero attached hydrogens (tertiary/aromatic N) is 2. The van der Waals surface area contributed by atoms with Gasteiger partial charge in [-0.05, 0) is 62.2 Å². The minimum absolute atomic E-state index is 0.356. The van der Waals surface area contributed by atoms with Crippen LogP contribution in [-0.2, 0) is 19.3 Å². The molecule has 1 N–H and O–H groups in total. The standard InChI is InChI=1S/C19H31N3O/c1-19(2)7-6-16-15(18(14-23)20-17(16)13-19)5-4-8-22-11-9-21(3)10-12-22/h14,20H,4-13H2,1-3H3. The molecule has 23 heavy (non-hydrogen) atoms. The molecule has 3 rings (SSSR count). The monoisotopic (exact) mass is 317 g/mol. The maximum absolute atomic E-state index is 11.5. The van der Waals surface area contributed by atoms with E-state index < -0.39 is 0 Å². The lowest BCUT2D eigenvalue weighted by Gasteiger charge is -2.32. The van der Waals surface area contributed by atoms with E-state index in [1.165, 1.54) is 49.4 Å². The number of likely N-dealkylation sites (N-methyl/N-ethyl adjacent to an activating group) is 1. The van der Waals surface area contributed by atoms with Crippen molar-refractivity contribution in [3.63, 3.8) is 0 Å². The summed E-state index contributed by atoms with van der Waals surface area (Å²) in [6, 6.07) is 0. The van der Waals surface area contributed by atoms with Gasteiger partial charge >= 0.3 is 0 Å². The highest BCUT2D eigenvalue weighted by Crippen LogP contribution is 2.37. The van der Waals surface area contributed by atoms with E-state index in [9.17, 15) is 4.79 Å². The van der Waals surface area contributed by atoms with Gasteiger partial charge in [0.15, 0.2) is 6.29 Å². The van der Waals surface area contributed by atoms with Gasteiger partial charge in [-0.2, -0.15) is 0 Å². The number of aldehydes is 1. The molecule has 1 aromatic heterocycles. The first kappa shape index (κ1) is 16.7. The van der Waals surface area contributed by atoms with E-state index in [2.05, 4.69) is 35.7 Å². The molecule has 2 aliphatic rings. The summed E-state index contributed by atoms with van der Waals surface area (Å²) < 4.78 is 0. The topological polar surface area (TPSA) is 39.3 Å². The molecular weight excluding hydrogens is 286 g/mol. The summed E-state index contributed by atoms with van der Waals surface area (Å²) in [5.74, 6) is 0. The van der Waals surface area contributed by atoms with Crippen LogP contribution in [0.3, 0.4) is 0 Å². The molecule has 1 aromatic rings. The third-order valence-corrected chi connectivity index (χ3v) is 5.66. The summed E-state index contributed by atoms with van der Waals surface area (Å²) in [6.45, 7) is 10.5. The largest absolute Gasteiger partial charge is 0.356 e. The normalized spacial score (nSPS) is 22.0. The van der Waals surface area contributed by atoms with Crippen LogP contribution in [0, 0.1) is 5.41 Å². The Hall–Kier alpha value is -1.13. The number of rotatable bonds is 5. The first-order valence-electron chi connectivity index (χ1n) is 9.07. The van der Waals surface area contributed by atoms with Crippen molar-refractivity contribution in [2.45, 2.75) is 46.0 Å². The Kier molecular flexibility index (Phi) is 4.93. The SMILES string of the molecule is CN1CCN(CCCc2c(C=O)[nH]c3c2CCC(C)(C)C3)CC1. The number of carbonyl (C=O) groups excluding carboxylic acids is 1. The summed E-state index contributed by atoms with van der Waals surface area (Å²) >= 11 is 0. The molecule has 0 amide bonds. The van der Waals surface area contributed by atoms with Gasteiger partial charge in [0.1, 0.15) is 0 Å². The van der Waals surface area contributed by atoms with Crippen molar-refractivity contribution in [2.75, 3.05) is 39.8 Å². The summed E-state index contributed by atoms with van der Waals surface area (Å²) in [6.07, 6.45) is 6.63. The zero-order valence-electron chi connectivity index (χ0n) is 15.0. The molecule has 0 aromatic carbocycles. The highest BCUT2D eigenvalue weighted by molar-refractivity contribution is 5.76. The van der Waals surface area contributed by atoms with Crippen LogP contribution in [0.5, 0.6) is 0 Å². The van der Waals surface area contributed by atoms with Crippen LogP contribution >= 0.6 is 0 Å². The second kappa shape index (κ2) is 6.78. The molecule has 0 spiro atoms. The highest BCUT2D eigenvalue weighted by atomic mass is 16.1. The Bertz CT molecular complexity index is 553. The van der Waals surface area contributed by atoms with Crippen molar-refractivity contribution in [1.29, 1.82) is 0 Å². The quantitative estimate of drug-likeness (QED) is 0.848. The van der Waals surface area contributed by atoms with Crippen LogP contribution in [0.2, 0.25) is 0 Å². The first-order chi connectivity index (χ1) is 11.0. The van der Waals surface area contributed by atoms with E-state index in [-0.39, 0.29) is 0 Å². The minimum Gasteiger partial charge on any atom is -0.356 e. The van der Waals surface area contributed by atoms with Gasteiger partial charge in [0.25, 0.3) is 0 Å². The van der Waals surface area contributed by atoms with Crippen molar-refractivity contribution >= 4 is 6.29 Å². The predicted molar refractivity (Wildman–Crippen MR) is 94.2 cm³/mol. The lowest BCUT2D eigenvalue weighted by molar-refractivity contribution is 0.111. The molecule has 1 aliphatic carbocycles. The van der Waals surface area contributed by atoms with E-state index in [1.807, 2.05) is 0 Å². The molecule has 1 saturated heterocycles. The molecule has 4 nitrogen and oxygen atoms in total. The number of fused-ring (bicyclic) bond motifs is 1. The fourth-order valence-corrected chi connectivity index (χ4v) is 4.08. The second-order valence-corrected chi connectivity index (χ2v) is 8.18. The van der Waals surface area contributed by atoms with Crippen LogP contribution < -0.4 is 0 Å². The van der Waals surface area contributed by atoms with Gasteiger partial charge in [-0.15, -0.1) is 0 Å². The molecule has 0 atom stereocenters. The van der Waals surface area contributed by atoms with Gasteiger partial charge < -0.3 is 14.8 Å². The number of nitrogens with one attached hydrogen (secondary N) is 1. The summed E-state index contributed by atoms with van der Waals surface area (Å²) in [7, 11) is 2.20. The smallest absolute Gasteiger partial charge is 0.166 e. The molecule has 0 saturated carbocycles. The van der Waals surface area contributed by atoms with Crippen molar-refractivity contribution in [3.05, 3.63) is 22.5 Å². The summed E-state index contributed by atoms with van der Waals surface area (Å²) in [4.78, 5) is 19.8. The van der Waals surface area contributed by atoms with Crippen molar-refractivity contribution in [1.82, 2.24) is 14.8 Å². The van der Waals surface area contributed by atoms with E-state index in [0.717, 1.165) is 44.2 Å². The van der Waals surface area contributed by atoms with Crippen LogP contribution in [0.1, 0.15) is 54.0 Å². The number of hydrogen-bond donors (Lipinski definition) is 1. The predicted octanol–water partition coefficient (Wildman–Crippen LogP) is 2.52. The number of hydrogen-bond acceptors (Lipinski definition) is 3. The van der Waals surface area contributed by atoms with E-state index >= 15 is 0 Å². The summed E-state index contributed by atoms with van der Waals surface area (Å²) in [5, 5.41) is 0. The fourth-order valence-electron chi connectivity index (χ4n) is 4.08. The molecule has 0 bridgehead atoms. The minimum atomic E-state index is 0.356. The Labute approximate surface area is 140 Å². The van der Waals surface area contributed by atoms with E-state index in [1.54, 1.807) is 0 Å². The van der Waals surface area contributed by atoms with Crippen LogP contribution in [-0.4, -0.2) is 60.8 Å². The van der Waals surface area contributed by atoms with Gasteiger partial charge in [0.05, 0.1) is 5.69 Å². The third-order valence-electron chi connectivity index (χ3n) is 5.66. The molecule has 0 unspecified atom stereocenters. The van der Waals surface area contributed by atoms with Crippen LogP contribution in [0.25, 0.3) is 0 Å². The number of piperazine rings is 1. The van der Waals surface area contributed by atoms with Crippen LogP contribution in [0.15, 0.2) is 0 Å². The Morgan fingerprint density at radius 1 is 1.22 bits per heavy atom. The second-order valence-electron chi connectivity index (χ2n) is 8.18. The average Bonchev–Trinajstić information content (AvgIpc) is 2.85. The molecule has 0 radical (unpaired) electrons. The molecule has 1 aliphatic heterocycles. The Morgan fingerprint density at radius 2 is 1.96 bits per heavy atom. The van der Waals surface area contributed by atoms with E-state index in [4.69, 9.17) is 0 Å². The first-order valence-corrected chi connectivity index (χ1v) is 9.07. The van der Waals surface area contributed by atoms with E-state index in [0.29, 0.717) is 5.41 Å². The maximum Gasteiger partial charge on any atom is 0.166 e. The molecular formula is C19H31N3O. The third kappa shape index (κ3) is 3.86. The van der Waals surface area contributed by atoms with Crippen LogP contribution in [0.4, 0.5) is 0 Å². The van der Waals surface area contributed by atoms with Gasteiger partial charge in [-0.3, -0.25) is 4.79 Å².